The monoisotopic (exact) mass is 304 g/mol. The van der Waals surface area contributed by atoms with Gasteiger partial charge in [0.15, 0.2) is 22.1 Å². The highest BCUT2D eigenvalue weighted by Crippen LogP contribution is 2.28. The maximum absolute atomic E-state index is 2.48. The lowest BCUT2D eigenvalue weighted by atomic mass is 10.3. The molecule has 0 radical (unpaired) electrons. The Labute approximate surface area is 134 Å². The number of aromatic nitrogens is 4. The number of imidazole rings is 2. The number of nitrogens with zero attached hydrogens (tertiary/aromatic N) is 4. The molecule has 0 saturated heterocycles. The first-order valence-corrected chi connectivity index (χ1v) is 8.22. The summed E-state index contributed by atoms with van der Waals surface area (Å²) in [5, 5.41) is 0. The lowest BCUT2D eigenvalue weighted by Gasteiger charge is -1.96. The molecule has 0 unspecified atom stereocenters. The summed E-state index contributed by atoms with van der Waals surface area (Å²) < 4.78 is 9.64. The molecular formula is C19H20N4+2. The zero-order valence-corrected chi connectivity index (χ0v) is 13.5. The van der Waals surface area contributed by atoms with Gasteiger partial charge in [-0.15, -0.1) is 0 Å². The summed E-state index contributed by atoms with van der Waals surface area (Å²) in [5.41, 5.74) is 5.23. The average Bonchev–Trinajstić information content (AvgIpc) is 2.92. The van der Waals surface area contributed by atoms with Gasteiger partial charge in [0.25, 0.3) is 0 Å². The van der Waals surface area contributed by atoms with E-state index in [2.05, 4.69) is 80.9 Å². The third kappa shape index (κ3) is 1.55. The van der Waals surface area contributed by atoms with Gasteiger partial charge in [-0.2, -0.15) is 0 Å². The highest BCUT2D eigenvalue weighted by Gasteiger charge is 2.38. The van der Waals surface area contributed by atoms with Gasteiger partial charge in [0.05, 0.1) is 27.2 Å². The van der Waals surface area contributed by atoms with Gasteiger partial charge in [-0.3, -0.25) is 0 Å². The van der Waals surface area contributed by atoms with Crippen molar-refractivity contribution < 1.29 is 9.13 Å². The summed E-state index contributed by atoms with van der Waals surface area (Å²) in [6, 6.07) is 17.4. The molecule has 0 spiro atoms. The van der Waals surface area contributed by atoms with Crippen molar-refractivity contribution in [3.05, 3.63) is 48.5 Å². The van der Waals surface area contributed by atoms with Crippen molar-refractivity contribution in [1.29, 1.82) is 0 Å². The minimum atomic E-state index is 1.06. The standard InChI is InChI=1S/C19H20N4/c1-20-14-8-3-5-10-16(14)22-12-7-13-23-17-11-6-4-9-15(17)21(2)19(23)18(20)22/h3-6,8-11H,7,12-13H2,1-2H3/q+2. The van der Waals surface area contributed by atoms with Gasteiger partial charge in [-0.05, 0) is 24.3 Å². The van der Waals surface area contributed by atoms with Crippen LogP contribution in [0.15, 0.2) is 48.5 Å². The molecule has 4 nitrogen and oxygen atoms in total. The molecule has 4 aromatic rings. The van der Waals surface area contributed by atoms with Crippen LogP contribution in [0.4, 0.5) is 0 Å². The SMILES string of the molecule is C[n+]1c2n(c3ccccc31)CCCn1c-2[n+](C)c2ccccc21. The first kappa shape index (κ1) is 12.9. The highest BCUT2D eigenvalue weighted by molar-refractivity contribution is 5.78. The molecule has 1 aliphatic rings. The molecule has 0 N–H and O–H groups in total. The Morgan fingerprint density at radius 1 is 0.696 bits per heavy atom. The molecule has 5 rings (SSSR count). The van der Waals surface area contributed by atoms with E-state index in [4.69, 9.17) is 0 Å². The molecule has 0 saturated carbocycles. The lowest BCUT2D eigenvalue weighted by Crippen LogP contribution is -2.38. The van der Waals surface area contributed by atoms with Crippen molar-refractivity contribution >= 4 is 22.1 Å². The van der Waals surface area contributed by atoms with Gasteiger partial charge in [0.1, 0.15) is 0 Å². The average molecular weight is 304 g/mol. The normalized spacial score (nSPS) is 14.0. The number of para-hydroxylation sites is 4. The molecule has 114 valence electrons. The predicted octanol–water partition coefficient (Wildman–Crippen LogP) is 2.32. The van der Waals surface area contributed by atoms with Crippen LogP contribution in [-0.4, -0.2) is 9.13 Å². The fourth-order valence-corrected chi connectivity index (χ4v) is 4.15. The number of benzene rings is 2. The van der Waals surface area contributed by atoms with Crippen molar-refractivity contribution in [2.75, 3.05) is 0 Å². The molecule has 0 atom stereocenters. The number of aryl methyl sites for hydroxylation is 4. The van der Waals surface area contributed by atoms with E-state index in [1.54, 1.807) is 0 Å². The van der Waals surface area contributed by atoms with E-state index in [0.29, 0.717) is 0 Å². The highest BCUT2D eigenvalue weighted by atomic mass is 15.3. The number of fused-ring (bicyclic) bond motifs is 7. The molecule has 3 heterocycles. The predicted molar refractivity (Wildman–Crippen MR) is 89.8 cm³/mol. The van der Waals surface area contributed by atoms with Crippen molar-refractivity contribution in [1.82, 2.24) is 9.13 Å². The quantitative estimate of drug-likeness (QED) is 0.444. The van der Waals surface area contributed by atoms with Crippen LogP contribution < -0.4 is 9.13 Å². The van der Waals surface area contributed by atoms with Crippen LogP contribution in [0.5, 0.6) is 0 Å². The third-order valence-electron chi connectivity index (χ3n) is 5.18. The van der Waals surface area contributed by atoms with Crippen LogP contribution in [0.3, 0.4) is 0 Å². The number of hydrogen-bond donors (Lipinski definition) is 0. The summed E-state index contributed by atoms with van der Waals surface area (Å²) in [7, 11) is 4.36. The van der Waals surface area contributed by atoms with Crippen molar-refractivity contribution in [3.63, 3.8) is 0 Å². The van der Waals surface area contributed by atoms with Crippen LogP contribution in [0.1, 0.15) is 6.42 Å². The second-order valence-corrected chi connectivity index (χ2v) is 6.40. The summed E-state index contributed by atoms with van der Waals surface area (Å²) in [6.45, 7) is 2.12. The molecule has 0 amide bonds. The Morgan fingerprint density at radius 2 is 1.13 bits per heavy atom. The van der Waals surface area contributed by atoms with E-state index in [-0.39, 0.29) is 0 Å². The van der Waals surface area contributed by atoms with Crippen molar-refractivity contribution in [3.8, 4) is 11.6 Å². The maximum atomic E-state index is 2.48. The van der Waals surface area contributed by atoms with Gasteiger partial charge < -0.3 is 0 Å². The molecule has 0 aliphatic carbocycles. The third-order valence-corrected chi connectivity index (χ3v) is 5.18. The minimum absolute atomic E-state index is 1.06. The van der Waals surface area contributed by atoms with Gasteiger partial charge in [-0.1, -0.05) is 24.3 Å². The van der Waals surface area contributed by atoms with Crippen LogP contribution in [-0.2, 0) is 27.2 Å². The smallest absolute Gasteiger partial charge is 0.219 e. The molecule has 23 heavy (non-hydrogen) atoms. The number of hydrogen-bond acceptors (Lipinski definition) is 0. The van der Waals surface area contributed by atoms with Crippen LogP contribution in [0.2, 0.25) is 0 Å². The molecule has 1 aliphatic heterocycles. The Bertz CT molecular complexity index is 982. The van der Waals surface area contributed by atoms with E-state index in [1.807, 2.05) is 0 Å². The maximum Gasteiger partial charge on any atom is 0.374 e. The second-order valence-electron chi connectivity index (χ2n) is 6.40. The fourth-order valence-electron chi connectivity index (χ4n) is 4.15. The topological polar surface area (TPSA) is 17.6 Å². The summed E-state index contributed by atoms with van der Waals surface area (Å²) in [4.78, 5) is 0. The van der Waals surface area contributed by atoms with E-state index in [0.717, 1.165) is 19.5 Å². The van der Waals surface area contributed by atoms with Crippen LogP contribution in [0.25, 0.3) is 33.7 Å². The first-order valence-electron chi connectivity index (χ1n) is 8.22. The zero-order valence-electron chi connectivity index (χ0n) is 13.5. The van der Waals surface area contributed by atoms with E-state index < -0.39 is 0 Å². The van der Waals surface area contributed by atoms with Gasteiger partial charge >= 0.3 is 11.6 Å². The summed E-state index contributed by atoms with van der Waals surface area (Å²) in [5.74, 6) is 2.59. The molecule has 0 fully saturated rings. The van der Waals surface area contributed by atoms with E-state index in [9.17, 15) is 0 Å². The van der Waals surface area contributed by atoms with E-state index >= 15 is 0 Å². The zero-order chi connectivity index (χ0) is 15.6. The Kier molecular flexibility index (Phi) is 2.49. The van der Waals surface area contributed by atoms with Gasteiger partial charge in [-0.25, -0.2) is 18.3 Å². The van der Waals surface area contributed by atoms with Gasteiger partial charge in [0, 0.05) is 6.42 Å². The van der Waals surface area contributed by atoms with Crippen molar-refractivity contribution in [2.24, 2.45) is 14.1 Å². The lowest BCUT2D eigenvalue weighted by molar-refractivity contribution is -0.665. The molecule has 2 aromatic heterocycles. The number of rotatable bonds is 0. The Hall–Kier alpha value is -2.62. The minimum Gasteiger partial charge on any atom is -0.219 e. The summed E-state index contributed by atoms with van der Waals surface area (Å²) in [6.07, 6.45) is 1.15. The molecule has 0 bridgehead atoms. The summed E-state index contributed by atoms with van der Waals surface area (Å²) >= 11 is 0. The first-order chi connectivity index (χ1) is 11.3. The van der Waals surface area contributed by atoms with E-state index in [1.165, 1.54) is 33.7 Å². The van der Waals surface area contributed by atoms with Crippen LogP contribution in [0, 0.1) is 0 Å². The Morgan fingerprint density at radius 3 is 1.61 bits per heavy atom. The molecule has 2 aromatic carbocycles. The molecule has 4 heteroatoms. The van der Waals surface area contributed by atoms with Crippen molar-refractivity contribution in [2.45, 2.75) is 19.5 Å². The second kappa shape index (κ2) is 4.44. The Balaban J connectivity index is 1.99. The molecular weight excluding hydrogens is 284 g/mol. The van der Waals surface area contributed by atoms with Gasteiger partial charge in [0.2, 0.25) is 0 Å². The largest absolute Gasteiger partial charge is 0.374 e. The van der Waals surface area contributed by atoms with Crippen LogP contribution >= 0.6 is 0 Å². The fraction of sp³-hybridized carbons (Fsp3) is 0.263.